The number of hydrogen-bond acceptors (Lipinski definition) is 3. The van der Waals surface area contributed by atoms with Gasteiger partial charge >= 0.3 is 0 Å². The summed E-state index contributed by atoms with van der Waals surface area (Å²) >= 11 is 0. The maximum absolute atomic E-state index is 9.03. The molecule has 0 saturated carbocycles. The van der Waals surface area contributed by atoms with Crippen LogP contribution < -0.4 is 0 Å². The van der Waals surface area contributed by atoms with Crippen molar-refractivity contribution >= 4 is 0 Å². The Labute approximate surface area is 104 Å². The molecule has 0 aliphatic carbocycles. The minimum atomic E-state index is 0.274. The van der Waals surface area contributed by atoms with E-state index in [2.05, 4.69) is 25.1 Å². The molecule has 0 fully saturated rings. The van der Waals surface area contributed by atoms with E-state index in [1.165, 1.54) is 0 Å². The lowest BCUT2D eigenvalue weighted by Gasteiger charge is -2.23. The van der Waals surface area contributed by atoms with Crippen LogP contribution in [0, 0.1) is 31.1 Å². The van der Waals surface area contributed by atoms with Crippen molar-refractivity contribution in [1.82, 2.24) is 5.16 Å². The maximum atomic E-state index is 9.03. The Morgan fingerprint density at radius 2 is 2.06 bits per heavy atom. The molecule has 3 nitrogen and oxygen atoms in total. The van der Waals surface area contributed by atoms with Crippen LogP contribution >= 0.6 is 0 Å². The molecule has 0 amide bonds. The van der Waals surface area contributed by atoms with Gasteiger partial charge in [0, 0.05) is 17.9 Å². The minimum Gasteiger partial charge on any atom is -0.361 e. The normalized spacial score (nSPS) is 14.3. The van der Waals surface area contributed by atoms with Gasteiger partial charge in [-0.15, -0.1) is 0 Å². The van der Waals surface area contributed by atoms with Crippen molar-refractivity contribution < 1.29 is 4.52 Å². The summed E-state index contributed by atoms with van der Waals surface area (Å²) in [4.78, 5) is 0. The molecule has 0 saturated heterocycles. The molecule has 0 spiro atoms. The smallest absolute Gasteiger partial charge is 0.137 e. The molecule has 1 aromatic heterocycles. The van der Waals surface area contributed by atoms with Gasteiger partial charge in [-0.3, -0.25) is 0 Å². The molecule has 1 heterocycles. The van der Waals surface area contributed by atoms with E-state index in [0.717, 1.165) is 36.3 Å². The average Bonchev–Trinajstić information content (AvgIpc) is 2.64. The molecule has 0 aliphatic rings. The highest BCUT2D eigenvalue weighted by atomic mass is 16.5. The van der Waals surface area contributed by atoms with Gasteiger partial charge in [0.1, 0.15) is 5.76 Å². The number of nitriles is 1. The number of aryl methyl sites for hydroxylation is 2. The topological polar surface area (TPSA) is 49.8 Å². The van der Waals surface area contributed by atoms with E-state index in [1.807, 2.05) is 13.8 Å². The molecule has 1 rings (SSSR count). The Morgan fingerprint density at radius 1 is 1.35 bits per heavy atom. The molecule has 0 radical (unpaired) electrons. The predicted octanol–water partition coefficient (Wildman–Crippen LogP) is 4.12. The van der Waals surface area contributed by atoms with Gasteiger partial charge in [0.2, 0.25) is 0 Å². The molecule has 0 aliphatic heterocycles. The highest BCUT2D eigenvalue weighted by molar-refractivity contribution is 5.27. The fourth-order valence-corrected chi connectivity index (χ4v) is 2.68. The van der Waals surface area contributed by atoms with Gasteiger partial charge < -0.3 is 4.52 Å². The van der Waals surface area contributed by atoms with Gasteiger partial charge in [-0.2, -0.15) is 5.26 Å². The summed E-state index contributed by atoms with van der Waals surface area (Å²) in [5.74, 6) is 1.70. The summed E-state index contributed by atoms with van der Waals surface area (Å²) in [7, 11) is 0. The molecule has 0 N–H and O–H groups in total. The van der Waals surface area contributed by atoms with Crippen LogP contribution in [0.5, 0.6) is 0 Å². The second kappa shape index (κ2) is 6.44. The van der Waals surface area contributed by atoms with E-state index in [0.29, 0.717) is 12.3 Å². The van der Waals surface area contributed by atoms with Crippen molar-refractivity contribution in [1.29, 1.82) is 5.26 Å². The third-order valence-corrected chi connectivity index (χ3v) is 3.52. The zero-order chi connectivity index (χ0) is 12.8. The summed E-state index contributed by atoms with van der Waals surface area (Å²) in [6.07, 6.45) is 3.97. The molecule has 2 unspecified atom stereocenters. The molecular formula is C14H22N2O. The lowest BCUT2D eigenvalue weighted by atomic mass is 9.79. The van der Waals surface area contributed by atoms with Crippen LogP contribution in [-0.4, -0.2) is 5.16 Å². The summed E-state index contributed by atoms with van der Waals surface area (Å²) in [6.45, 7) is 8.30. The van der Waals surface area contributed by atoms with Crippen LogP contribution in [0.4, 0.5) is 0 Å². The van der Waals surface area contributed by atoms with Crippen LogP contribution in [0.2, 0.25) is 0 Å². The van der Waals surface area contributed by atoms with Crippen molar-refractivity contribution in [2.45, 2.75) is 59.3 Å². The standard InChI is InChI=1S/C14H22N2O/c1-5-7-12(6-2)13(8-9-15)14-10(3)16-17-11(14)4/h12-13H,5-8H2,1-4H3. The number of aromatic nitrogens is 1. The van der Waals surface area contributed by atoms with Crippen LogP contribution in [0.25, 0.3) is 0 Å². The Balaban J connectivity index is 3.04. The summed E-state index contributed by atoms with van der Waals surface area (Å²) in [5.41, 5.74) is 2.10. The van der Waals surface area contributed by atoms with E-state index in [1.54, 1.807) is 0 Å². The van der Waals surface area contributed by atoms with Gasteiger partial charge in [0.15, 0.2) is 0 Å². The third-order valence-electron chi connectivity index (χ3n) is 3.52. The molecule has 3 heteroatoms. The summed E-state index contributed by atoms with van der Waals surface area (Å²) < 4.78 is 5.24. The van der Waals surface area contributed by atoms with Crippen LogP contribution in [0.3, 0.4) is 0 Å². The molecule has 1 aromatic rings. The molecular weight excluding hydrogens is 212 g/mol. The van der Waals surface area contributed by atoms with Gasteiger partial charge in [-0.05, 0) is 19.8 Å². The van der Waals surface area contributed by atoms with Crippen molar-refractivity contribution in [2.24, 2.45) is 5.92 Å². The first-order valence-corrected chi connectivity index (χ1v) is 6.45. The first-order chi connectivity index (χ1) is 8.15. The summed E-state index contributed by atoms with van der Waals surface area (Å²) in [6, 6.07) is 2.31. The highest BCUT2D eigenvalue weighted by Crippen LogP contribution is 2.36. The fraction of sp³-hybridized carbons (Fsp3) is 0.714. The lowest BCUT2D eigenvalue weighted by Crippen LogP contribution is -2.13. The Kier molecular flexibility index (Phi) is 5.21. The molecule has 2 atom stereocenters. The average molecular weight is 234 g/mol. The SMILES string of the molecule is CCCC(CC)C(CC#N)c1c(C)noc1C. The van der Waals surface area contributed by atoms with E-state index >= 15 is 0 Å². The number of rotatable bonds is 6. The molecule has 0 bridgehead atoms. The zero-order valence-electron chi connectivity index (χ0n) is 11.3. The molecule has 94 valence electrons. The predicted molar refractivity (Wildman–Crippen MR) is 67.6 cm³/mol. The van der Waals surface area contributed by atoms with Crippen molar-refractivity contribution in [3.8, 4) is 6.07 Å². The second-order valence-electron chi connectivity index (χ2n) is 4.66. The maximum Gasteiger partial charge on any atom is 0.137 e. The van der Waals surface area contributed by atoms with Crippen LogP contribution in [0.15, 0.2) is 4.52 Å². The highest BCUT2D eigenvalue weighted by Gasteiger charge is 2.26. The monoisotopic (exact) mass is 234 g/mol. The van der Waals surface area contributed by atoms with Crippen molar-refractivity contribution in [3.63, 3.8) is 0 Å². The minimum absolute atomic E-state index is 0.274. The second-order valence-corrected chi connectivity index (χ2v) is 4.66. The third kappa shape index (κ3) is 3.09. The Bertz CT molecular complexity index is 370. The Morgan fingerprint density at radius 3 is 2.47 bits per heavy atom. The van der Waals surface area contributed by atoms with Crippen LogP contribution in [0.1, 0.15) is 62.5 Å². The Hall–Kier alpha value is -1.30. The van der Waals surface area contributed by atoms with E-state index in [-0.39, 0.29) is 5.92 Å². The molecule has 17 heavy (non-hydrogen) atoms. The number of hydrogen-bond donors (Lipinski definition) is 0. The number of nitrogens with zero attached hydrogens (tertiary/aromatic N) is 2. The molecule has 0 aromatic carbocycles. The first-order valence-electron chi connectivity index (χ1n) is 6.45. The van der Waals surface area contributed by atoms with Crippen molar-refractivity contribution in [2.75, 3.05) is 0 Å². The largest absolute Gasteiger partial charge is 0.361 e. The van der Waals surface area contributed by atoms with Gasteiger partial charge in [0.25, 0.3) is 0 Å². The first kappa shape index (κ1) is 13.8. The zero-order valence-corrected chi connectivity index (χ0v) is 11.3. The van der Waals surface area contributed by atoms with Crippen molar-refractivity contribution in [3.05, 3.63) is 17.0 Å². The van der Waals surface area contributed by atoms with E-state index < -0.39 is 0 Å². The quantitative estimate of drug-likeness (QED) is 0.744. The van der Waals surface area contributed by atoms with Gasteiger partial charge in [-0.25, -0.2) is 0 Å². The van der Waals surface area contributed by atoms with Gasteiger partial charge in [0.05, 0.1) is 11.8 Å². The fourth-order valence-electron chi connectivity index (χ4n) is 2.68. The lowest BCUT2D eigenvalue weighted by molar-refractivity contribution is 0.368. The van der Waals surface area contributed by atoms with Crippen LogP contribution in [-0.2, 0) is 0 Å². The van der Waals surface area contributed by atoms with E-state index in [9.17, 15) is 0 Å². The van der Waals surface area contributed by atoms with Gasteiger partial charge in [-0.1, -0.05) is 38.3 Å². The van der Waals surface area contributed by atoms with E-state index in [4.69, 9.17) is 9.78 Å². The summed E-state index contributed by atoms with van der Waals surface area (Å²) in [5, 5.41) is 13.0.